The minimum absolute atomic E-state index is 0.0898. The third-order valence-corrected chi connectivity index (χ3v) is 3.12. The number of anilines is 1. The van der Waals surface area contributed by atoms with Crippen molar-refractivity contribution < 1.29 is 8.78 Å². The summed E-state index contributed by atoms with van der Waals surface area (Å²) in [5.41, 5.74) is 5.88. The van der Waals surface area contributed by atoms with E-state index in [4.69, 9.17) is 5.73 Å². The van der Waals surface area contributed by atoms with Crippen molar-refractivity contribution in [1.82, 2.24) is 4.98 Å². The van der Waals surface area contributed by atoms with Gasteiger partial charge in [-0.1, -0.05) is 0 Å². The Balaban J connectivity index is 2.59. The fourth-order valence-corrected chi connectivity index (χ4v) is 2.00. The van der Waals surface area contributed by atoms with E-state index in [0.717, 1.165) is 0 Å². The summed E-state index contributed by atoms with van der Waals surface area (Å²) in [5.74, 6) is -1.84. The van der Waals surface area contributed by atoms with Crippen molar-refractivity contribution in [2.45, 2.75) is 0 Å². The molecule has 0 atom stereocenters. The molecule has 0 spiro atoms. The van der Waals surface area contributed by atoms with Gasteiger partial charge in [0.1, 0.15) is 0 Å². The van der Waals surface area contributed by atoms with Crippen LogP contribution in [0.3, 0.4) is 0 Å². The summed E-state index contributed by atoms with van der Waals surface area (Å²) < 4.78 is 26.8. The molecule has 0 fully saturated rings. The van der Waals surface area contributed by atoms with Gasteiger partial charge in [0.05, 0.1) is 10.2 Å². The molecule has 2 N–H and O–H groups in total. The highest BCUT2D eigenvalue weighted by Gasteiger charge is 2.14. The lowest BCUT2D eigenvalue weighted by Gasteiger charge is -2.01. The molecule has 78 valence electrons. The summed E-state index contributed by atoms with van der Waals surface area (Å²) >= 11 is 4.08. The lowest BCUT2D eigenvalue weighted by Crippen LogP contribution is -1.91. The Morgan fingerprint density at radius 1 is 1.27 bits per heavy atom. The number of hydrogen-bond donors (Lipinski definition) is 1. The van der Waals surface area contributed by atoms with Gasteiger partial charge in [0.15, 0.2) is 16.8 Å². The van der Waals surface area contributed by atoms with E-state index in [-0.39, 0.29) is 10.0 Å². The molecule has 0 amide bonds. The van der Waals surface area contributed by atoms with E-state index in [0.29, 0.717) is 10.8 Å². The molecule has 6 heteroatoms. The molecule has 15 heavy (non-hydrogen) atoms. The highest BCUT2D eigenvalue weighted by Crippen LogP contribution is 2.29. The molecule has 2 aromatic rings. The van der Waals surface area contributed by atoms with Gasteiger partial charge in [-0.2, -0.15) is 0 Å². The van der Waals surface area contributed by atoms with Gasteiger partial charge in [0.25, 0.3) is 0 Å². The SMILES string of the molecule is Nc1nc(-c2ccc(Br)c(F)c2F)cs1. The van der Waals surface area contributed by atoms with Crippen LogP contribution in [0.1, 0.15) is 0 Å². The zero-order chi connectivity index (χ0) is 11.0. The molecule has 0 aliphatic rings. The average Bonchev–Trinajstić information content (AvgIpc) is 2.61. The molecule has 1 aromatic carbocycles. The second kappa shape index (κ2) is 3.86. The predicted molar refractivity (Wildman–Crippen MR) is 59.6 cm³/mol. The third kappa shape index (κ3) is 1.87. The minimum atomic E-state index is -0.922. The first kappa shape index (κ1) is 10.5. The second-order valence-electron chi connectivity index (χ2n) is 2.79. The van der Waals surface area contributed by atoms with Gasteiger partial charge in [0, 0.05) is 10.9 Å². The fourth-order valence-electron chi connectivity index (χ4n) is 1.14. The van der Waals surface area contributed by atoms with Crippen LogP contribution in [0.25, 0.3) is 11.3 Å². The van der Waals surface area contributed by atoms with Crippen LogP contribution in [0.15, 0.2) is 22.0 Å². The Bertz CT molecular complexity index is 513. The number of nitrogens with two attached hydrogens (primary N) is 1. The zero-order valence-corrected chi connectivity index (χ0v) is 9.70. The maximum Gasteiger partial charge on any atom is 0.180 e. The summed E-state index contributed by atoms with van der Waals surface area (Å²) in [6, 6.07) is 2.89. The molecule has 0 aliphatic carbocycles. The van der Waals surface area contributed by atoms with Crippen LogP contribution < -0.4 is 5.73 Å². The second-order valence-corrected chi connectivity index (χ2v) is 4.54. The molecular formula is C9H5BrF2N2S. The maximum absolute atomic E-state index is 13.5. The zero-order valence-electron chi connectivity index (χ0n) is 7.30. The Kier molecular flexibility index (Phi) is 2.70. The van der Waals surface area contributed by atoms with Crippen LogP contribution in [0.5, 0.6) is 0 Å². The highest BCUT2D eigenvalue weighted by molar-refractivity contribution is 9.10. The minimum Gasteiger partial charge on any atom is -0.375 e. The predicted octanol–water partition coefficient (Wildman–Crippen LogP) is 3.43. The van der Waals surface area contributed by atoms with E-state index in [1.165, 1.54) is 23.5 Å². The van der Waals surface area contributed by atoms with E-state index in [1.54, 1.807) is 5.38 Å². The van der Waals surface area contributed by atoms with Crippen LogP contribution in [0.2, 0.25) is 0 Å². The van der Waals surface area contributed by atoms with Gasteiger partial charge in [-0.15, -0.1) is 11.3 Å². The highest BCUT2D eigenvalue weighted by atomic mass is 79.9. The number of nitrogens with zero attached hydrogens (tertiary/aromatic N) is 1. The molecule has 2 nitrogen and oxygen atoms in total. The van der Waals surface area contributed by atoms with Crippen molar-refractivity contribution in [3.8, 4) is 11.3 Å². The van der Waals surface area contributed by atoms with Crippen molar-refractivity contribution in [2.75, 3.05) is 5.73 Å². The Labute approximate surface area is 96.9 Å². The smallest absolute Gasteiger partial charge is 0.180 e. The van der Waals surface area contributed by atoms with E-state index in [9.17, 15) is 8.78 Å². The Hall–Kier alpha value is -1.01. The van der Waals surface area contributed by atoms with Crippen molar-refractivity contribution in [3.05, 3.63) is 33.6 Å². The average molecular weight is 291 g/mol. The summed E-state index contributed by atoms with van der Waals surface area (Å²) in [7, 11) is 0. The van der Waals surface area contributed by atoms with Gasteiger partial charge in [-0.3, -0.25) is 0 Å². The summed E-state index contributed by atoms with van der Waals surface area (Å²) in [4.78, 5) is 3.89. The van der Waals surface area contributed by atoms with Gasteiger partial charge in [-0.25, -0.2) is 13.8 Å². The largest absolute Gasteiger partial charge is 0.375 e. The Morgan fingerprint density at radius 3 is 2.60 bits per heavy atom. The molecule has 0 aliphatic heterocycles. The lowest BCUT2D eigenvalue weighted by molar-refractivity contribution is 0.506. The van der Waals surface area contributed by atoms with Gasteiger partial charge < -0.3 is 5.73 Å². The fraction of sp³-hybridized carbons (Fsp3) is 0. The molecule has 0 unspecified atom stereocenters. The number of thiazole rings is 1. The summed E-state index contributed by atoms with van der Waals surface area (Å²) in [5, 5.41) is 1.91. The number of hydrogen-bond acceptors (Lipinski definition) is 3. The topological polar surface area (TPSA) is 38.9 Å². The van der Waals surface area contributed by atoms with E-state index >= 15 is 0 Å². The first-order chi connectivity index (χ1) is 7.09. The maximum atomic E-state index is 13.5. The van der Waals surface area contributed by atoms with Crippen LogP contribution in [-0.4, -0.2) is 4.98 Å². The number of halogens is 3. The quantitative estimate of drug-likeness (QED) is 0.817. The number of rotatable bonds is 1. The third-order valence-electron chi connectivity index (χ3n) is 1.83. The van der Waals surface area contributed by atoms with Crippen molar-refractivity contribution in [2.24, 2.45) is 0 Å². The summed E-state index contributed by atoms with van der Waals surface area (Å²) in [6.45, 7) is 0. The standard InChI is InChI=1S/C9H5BrF2N2S/c10-5-2-1-4(7(11)8(5)12)6-3-15-9(13)14-6/h1-3H,(H2,13,14). The summed E-state index contributed by atoms with van der Waals surface area (Å²) in [6.07, 6.45) is 0. The molecule has 0 radical (unpaired) electrons. The number of aromatic nitrogens is 1. The first-order valence-corrected chi connectivity index (χ1v) is 5.61. The van der Waals surface area contributed by atoms with Crippen LogP contribution in [-0.2, 0) is 0 Å². The Morgan fingerprint density at radius 2 is 2.00 bits per heavy atom. The molecule has 0 bridgehead atoms. The molecular weight excluding hydrogens is 286 g/mol. The molecule has 0 saturated heterocycles. The van der Waals surface area contributed by atoms with Crippen molar-refractivity contribution in [1.29, 1.82) is 0 Å². The van der Waals surface area contributed by atoms with E-state index in [2.05, 4.69) is 20.9 Å². The van der Waals surface area contributed by atoms with Crippen LogP contribution in [0, 0.1) is 11.6 Å². The first-order valence-electron chi connectivity index (χ1n) is 3.94. The van der Waals surface area contributed by atoms with Gasteiger partial charge in [-0.05, 0) is 28.1 Å². The van der Waals surface area contributed by atoms with E-state index in [1.807, 2.05) is 0 Å². The number of nitrogen functional groups attached to an aromatic ring is 1. The molecule has 2 rings (SSSR count). The van der Waals surface area contributed by atoms with Crippen LogP contribution in [0.4, 0.5) is 13.9 Å². The van der Waals surface area contributed by atoms with Crippen molar-refractivity contribution >= 4 is 32.4 Å². The van der Waals surface area contributed by atoms with Gasteiger partial charge in [0.2, 0.25) is 0 Å². The van der Waals surface area contributed by atoms with Gasteiger partial charge >= 0.3 is 0 Å². The normalized spacial score (nSPS) is 10.6. The lowest BCUT2D eigenvalue weighted by atomic mass is 10.1. The van der Waals surface area contributed by atoms with Crippen LogP contribution >= 0.6 is 27.3 Å². The monoisotopic (exact) mass is 290 g/mol. The number of benzene rings is 1. The molecule has 0 saturated carbocycles. The molecule has 1 heterocycles. The van der Waals surface area contributed by atoms with Crippen molar-refractivity contribution in [3.63, 3.8) is 0 Å². The van der Waals surface area contributed by atoms with E-state index < -0.39 is 11.6 Å². The molecule has 1 aromatic heterocycles.